The summed E-state index contributed by atoms with van der Waals surface area (Å²) in [6.07, 6.45) is 0. The van der Waals surface area contributed by atoms with E-state index in [0.29, 0.717) is 5.56 Å². The summed E-state index contributed by atoms with van der Waals surface area (Å²) in [7, 11) is 0. The standard InChI is InChI=1S/C20H19N3O6S/c1-13(24)21-17-11-22(18(17)25)19(30-16-5-3-2-4-6-16)20(26)29-12-14-7-9-15(10-8-14)23(27)28/h2-10,17,19H,11-12H2,1H3,(H,21,24)/t17-,19?/m0/s1. The molecule has 10 heteroatoms. The molecule has 1 aliphatic rings. The fourth-order valence-electron chi connectivity index (χ4n) is 2.82. The lowest BCUT2D eigenvalue weighted by Crippen LogP contribution is -2.67. The van der Waals surface area contributed by atoms with E-state index in [-0.39, 0.29) is 30.7 Å². The van der Waals surface area contributed by atoms with Crippen molar-refractivity contribution in [3.8, 4) is 0 Å². The SMILES string of the molecule is CC(=O)N[C@H]1CN(C(Sc2ccccc2)C(=O)OCc2ccc([N+](=O)[O-])cc2)C1=O. The first-order valence-electron chi connectivity index (χ1n) is 9.04. The minimum Gasteiger partial charge on any atom is -0.459 e. The molecule has 0 aliphatic carbocycles. The lowest BCUT2D eigenvalue weighted by Gasteiger charge is -2.42. The molecule has 1 aliphatic heterocycles. The maximum Gasteiger partial charge on any atom is 0.340 e. The Morgan fingerprint density at radius 3 is 2.47 bits per heavy atom. The van der Waals surface area contributed by atoms with Crippen molar-refractivity contribution in [1.82, 2.24) is 10.2 Å². The van der Waals surface area contributed by atoms with Gasteiger partial charge < -0.3 is 15.0 Å². The largest absolute Gasteiger partial charge is 0.459 e. The number of amides is 2. The topological polar surface area (TPSA) is 119 Å². The minimum absolute atomic E-state index is 0.0576. The number of carbonyl (C=O) groups is 3. The number of non-ortho nitro benzene ring substituents is 1. The molecule has 0 saturated carbocycles. The smallest absolute Gasteiger partial charge is 0.340 e. The van der Waals surface area contributed by atoms with E-state index in [1.54, 1.807) is 0 Å². The molecular weight excluding hydrogens is 410 g/mol. The van der Waals surface area contributed by atoms with E-state index in [0.717, 1.165) is 4.90 Å². The van der Waals surface area contributed by atoms with Gasteiger partial charge >= 0.3 is 5.97 Å². The zero-order valence-electron chi connectivity index (χ0n) is 16.0. The number of nitrogens with one attached hydrogen (secondary N) is 1. The van der Waals surface area contributed by atoms with Crippen LogP contribution in [0.5, 0.6) is 0 Å². The third-order valence-corrected chi connectivity index (χ3v) is 5.56. The van der Waals surface area contributed by atoms with Gasteiger partial charge in [0, 0.05) is 24.0 Å². The van der Waals surface area contributed by atoms with Crippen LogP contribution in [0.25, 0.3) is 0 Å². The van der Waals surface area contributed by atoms with Crippen LogP contribution in [-0.2, 0) is 25.7 Å². The molecule has 1 heterocycles. The molecule has 2 aromatic rings. The van der Waals surface area contributed by atoms with Crippen LogP contribution in [0.1, 0.15) is 12.5 Å². The summed E-state index contributed by atoms with van der Waals surface area (Å²) < 4.78 is 5.37. The normalized spacial score (nSPS) is 16.4. The number of ether oxygens (including phenoxy) is 1. The molecule has 3 rings (SSSR count). The summed E-state index contributed by atoms with van der Waals surface area (Å²) in [5, 5.41) is 12.4. The van der Waals surface area contributed by atoms with Crippen LogP contribution in [0, 0.1) is 10.1 Å². The molecule has 0 bridgehead atoms. The van der Waals surface area contributed by atoms with Crippen molar-refractivity contribution >= 4 is 35.2 Å². The Kier molecular flexibility index (Phi) is 6.68. The molecule has 1 fully saturated rings. The van der Waals surface area contributed by atoms with E-state index in [4.69, 9.17) is 4.74 Å². The van der Waals surface area contributed by atoms with E-state index in [1.165, 1.54) is 47.9 Å². The predicted octanol–water partition coefficient (Wildman–Crippen LogP) is 2.10. The summed E-state index contributed by atoms with van der Waals surface area (Å²) in [5.41, 5.74) is 0.529. The van der Waals surface area contributed by atoms with Gasteiger partial charge in [0.1, 0.15) is 12.6 Å². The highest BCUT2D eigenvalue weighted by Crippen LogP contribution is 2.30. The van der Waals surface area contributed by atoms with Crippen molar-refractivity contribution in [3.05, 3.63) is 70.3 Å². The Balaban J connectivity index is 1.68. The van der Waals surface area contributed by atoms with Crippen LogP contribution < -0.4 is 5.32 Å². The average molecular weight is 429 g/mol. The number of carbonyl (C=O) groups excluding carboxylic acids is 3. The second-order valence-corrected chi connectivity index (χ2v) is 7.71. The fraction of sp³-hybridized carbons (Fsp3) is 0.250. The number of nitro benzene ring substituents is 1. The third kappa shape index (κ3) is 5.15. The number of rotatable bonds is 8. The number of esters is 1. The van der Waals surface area contributed by atoms with E-state index >= 15 is 0 Å². The molecule has 1 unspecified atom stereocenters. The molecule has 0 radical (unpaired) electrons. The van der Waals surface area contributed by atoms with Crippen molar-refractivity contribution in [2.45, 2.75) is 29.8 Å². The van der Waals surface area contributed by atoms with Gasteiger partial charge in [0.05, 0.1) is 11.5 Å². The number of nitrogens with zero attached hydrogens (tertiary/aromatic N) is 2. The zero-order chi connectivity index (χ0) is 21.7. The van der Waals surface area contributed by atoms with Crippen molar-refractivity contribution in [1.29, 1.82) is 0 Å². The lowest BCUT2D eigenvalue weighted by atomic mass is 10.1. The predicted molar refractivity (Wildman–Crippen MR) is 108 cm³/mol. The van der Waals surface area contributed by atoms with Gasteiger partial charge in [-0.3, -0.25) is 19.7 Å². The Hall–Kier alpha value is -3.40. The lowest BCUT2D eigenvalue weighted by molar-refractivity contribution is -0.384. The number of β-lactam (4-membered cyclic amide) rings is 1. The number of thioether (sulfide) groups is 1. The maximum absolute atomic E-state index is 12.8. The Morgan fingerprint density at radius 2 is 1.90 bits per heavy atom. The van der Waals surface area contributed by atoms with Crippen LogP contribution in [0.3, 0.4) is 0 Å². The first-order chi connectivity index (χ1) is 14.3. The van der Waals surface area contributed by atoms with Gasteiger partial charge in [0.25, 0.3) is 5.69 Å². The summed E-state index contributed by atoms with van der Waals surface area (Å²) >= 11 is 1.18. The van der Waals surface area contributed by atoms with Crippen molar-refractivity contribution in [2.24, 2.45) is 0 Å². The van der Waals surface area contributed by atoms with Crippen LogP contribution >= 0.6 is 11.8 Å². The average Bonchev–Trinajstić information content (AvgIpc) is 2.74. The van der Waals surface area contributed by atoms with Gasteiger partial charge in [0.15, 0.2) is 5.37 Å². The zero-order valence-corrected chi connectivity index (χ0v) is 16.8. The van der Waals surface area contributed by atoms with Gasteiger partial charge in [-0.25, -0.2) is 4.79 Å². The molecule has 2 atom stereocenters. The number of hydrogen-bond acceptors (Lipinski definition) is 7. The van der Waals surface area contributed by atoms with Gasteiger partial charge in [-0.15, -0.1) is 0 Å². The van der Waals surface area contributed by atoms with Crippen LogP contribution in [0.15, 0.2) is 59.5 Å². The molecule has 9 nitrogen and oxygen atoms in total. The Labute approximate surface area is 176 Å². The number of likely N-dealkylation sites (tertiary alicyclic amines) is 1. The molecular formula is C20H19N3O6S. The van der Waals surface area contributed by atoms with Gasteiger partial charge in [-0.05, 0) is 29.8 Å². The van der Waals surface area contributed by atoms with Crippen LogP contribution in [0.2, 0.25) is 0 Å². The second-order valence-electron chi connectivity index (χ2n) is 6.56. The van der Waals surface area contributed by atoms with Crippen molar-refractivity contribution < 1.29 is 24.0 Å². The van der Waals surface area contributed by atoms with E-state index in [9.17, 15) is 24.5 Å². The highest BCUT2D eigenvalue weighted by atomic mass is 32.2. The molecule has 0 aromatic heterocycles. The monoisotopic (exact) mass is 429 g/mol. The Bertz CT molecular complexity index is 951. The Morgan fingerprint density at radius 1 is 1.23 bits per heavy atom. The minimum atomic E-state index is -0.914. The number of nitro groups is 1. The first-order valence-corrected chi connectivity index (χ1v) is 9.92. The van der Waals surface area contributed by atoms with E-state index < -0.39 is 22.3 Å². The van der Waals surface area contributed by atoms with Crippen molar-refractivity contribution in [2.75, 3.05) is 6.54 Å². The van der Waals surface area contributed by atoms with Crippen molar-refractivity contribution in [3.63, 3.8) is 0 Å². The maximum atomic E-state index is 12.8. The highest BCUT2D eigenvalue weighted by molar-refractivity contribution is 8.00. The first kappa shape index (κ1) is 21.3. The third-order valence-electron chi connectivity index (χ3n) is 4.34. The molecule has 1 N–H and O–H groups in total. The molecule has 156 valence electrons. The summed E-state index contributed by atoms with van der Waals surface area (Å²) in [6, 6.07) is 14.1. The summed E-state index contributed by atoms with van der Waals surface area (Å²) in [4.78, 5) is 48.8. The van der Waals surface area contributed by atoms with Gasteiger partial charge in [-0.2, -0.15) is 0 Å². The summed E-state index contributed by atoms with van der Waals surface area (Å²) in [6.45, 7) is 1.44. The number of hydrogen-bond donors (Lipinski definition) is 1. The van der Waals surface area contributed by atoms with Crippen LogP contribution in [-0.4, -0.2) is 45.6 Å². The van der Waals surface area contributed by atoms with Crippen LogP contribution in [0.4, 0.5) is 5.69 Å². The van der Waals surface area contributed by atoms with Gasteiger partial charge in [0.2, 0.25) is 11.8 Å². The molecule has 30 heavy (non-hydrogen) atoms. The quantitative estimate of drug-likeness (QED) is 0.224. The van der Waals surface area contributed by atoms with E-state index in [2.05, 4.69) is 5.32 Å². The molecule has 0 spiro atoms. The van der Waals surface area contributed by atoms with Gasteiger partial charge in [-0.1, -0.05) is 30.0 Å². The second kappa shape index (κ2) is 9.40. The molecule has 1 saturated heterocycles. The number of benzene rings is 2. The summed E-state index contributed by atoms with van der Waals surface area (Å²) in [5.74, 6) is -1.29. The fourth-order valence-corrected chi connectivity index (χ4v) is 3.88. The molecule has 2 amide bonds. The highest BCUT2D eigenvalue weighted by Gasteiger charge is 2.45. The molecule has 2 aromatic carbocycles. The van der Waals surface area contributed by atoms with E-state index in [1.807, 2.05) is 30.3 Å².